The lowest BCUT2D eigenvalue weighted by molar-refractivity contribution is -0.277. The molecule has 0 unspecified atom stereocenters. The predicted octanol–water partition coefficient (Wildman–Crippen LogP) is 0.663. The summed E-state index contributed by atoms with van der Waals surface area (Å²) in [5.74, 6) is 1.27. The highest BCUT2D eigenvalue weighted by molar-refractivity contribution is 5.45. The third kappa shape index (κ3) is 4.72. The highest BCUT2D eigenvalue weighted by atomic mass is 16.7. The Labute approximate surface area is 213 Å². The van der Waals surface area contributed by atoms with Crippen LogP contribution in [0.2, 0.25) is 0 Å². The van der Waals surface area contributed by atoms with Crippen LogP contribution in [-0.2, 0) is 14.2 Å². The fourth-order valence-electron chi connectivity index (χ4n) is 5.35. The molecule has 5 rings (SSSR count). The number of aromatic hydroxyl groups is 1. The van der Waals surface area contributed by atoms with Crippen molar-refractivity contribution in [2.24, 2.45) is 11.8 Å². The average Bonchev–Trinajstić information content (AvgIpc) is 3.52. The van der Waals surface area contributed by atoms with Crippen molar-refractivity contribution < 1.29 is 54.0 Å². The number of benzene rings is 2. The van der Waals surface area contributed by atoms with Crippen LogP contribution in [0.15, 0.2) is 36.4 Å². The van der Waals surface area contributed by atoms with E-state index in [-0.39, 0.29) is 35.5 Å². The number of hydrogen-bond acceptors (Lipinski definition) is 11. The van der Waals surface area contributed by atoms with E-state index in [0.717, 1.165) is 11.1 Å². The minimum absolute atomic E-state index is 0.0689. The fourth-order valence-corrected chi connectivity index (χ4v) is 5.35. The van der Waals surface area contributed by atoms with E-state index in [2.05, 4.69) is 0 Å². The first kappa shape index (κ1) is 26.0. The highest BCUT2D eigenvalue weighted by Gasteiger charge is 2.49. The smallest absolute Gasteiger partial charge is 0.229 e. The Kier molecular flexibility index (Phi) is 7.46. The maximum absolute atomic E-state index is 10.3. The van der Waals surface area contributed by atoms with E-state index in [1.165, 1.54) is 14.2 Å². The minimum Gasteiger partial charge on any atom is -0.504 e. The van der Waals surface area contributed by atoms with Crippen LogP contribution in [0.4, 0.5) is 0 Å². The molecular weight excluding hydrogens is 488 g/mol. The van der Waals surface area contributed by atoms with Gasteiger partial charge in [0.25, 0.3) is 0 Å². The zero-order valence-corrected chi connectivity index (χ0v) is 20.5. The van der Waals surface area contributed by atoms with Gasteiger partial charge in [0.05, 0.1) is 46.2 Å². The molecule has 0 bridgehead atoms. The number of phenols is 1. The predicted molar refractivity (Wildman–Crippen MR) is 126 cm³/mol. The molecule has 0 aliphatic carbocycles. The van der Waals surface area contributed by atoms with Crippen molar-refractivity contribution in [3.63, 3.8) is 0 Å². The number of ether oxygens (including phenoxy) is 6. The van der Waals surface area contributed by atoms with E-state index < -0.39 is 37.3 Å². The molecule has 11 heteroatoms. The Morgan fingerprint density at radius 1 is 0.784 bits per heavy atom. The molecule has 3 aliphatic rings. The first-order valence-electron chi connectivity index (χ1n) is 12.1. The minimum atomic E-state index is -1.55. The number of phenolic OH excluding ortho intramolecular Hbond substituents is 1. The lowest BCUT2D eigenvalue weighted by Gasteiger charge is -2.39. The van der Waals surface area contributed by atoms with Gasteiger partial charge in [0.15, 0.2) is 23.0 Å². The maximum Gasteiger partial charge on any atom is 0.229 e. The Bertz CT molecular complexity index is 1090. The number of aliphatic hydroxyl groups is 4. The number of hydrogen-bond donors (Lipinski definition) is 5. The molecule has 3 saturated heterocycles. The second-order valence-electron chi connectivity index (χ2n) is 9.49. The van der Waals surface area contributed by atoms with E-state index in [1.807, 2.05) is 12.1 Å². The zero-order valence-electron chi connectivity index (χ0n) is 20.5. The Morgan fingerprint density at radius 2 is 1.38 bits per heavy atom. The second-order valence-corrected chi connectivity index (χ2v) is 9.49. The van der Waals surface area contributed by atoms with Crippen LogP contribution >= 0.6 is 0 Å². The van der Waals surface area contributed by atoms with Gasteiger partial charge in [-0.3, -0.25) is 0 Å². The molecule has 2 aromatic carbocycles. The zero-order chi connectivity index (χ0) is 26.3. The summed E-state index contributed by atoms with van der Waals surface area (Å²) >= 11 is 0. The maximum atomic E-state index is 10.3. The molecule has 0 amide bonds. The molecule has 3 heterocycles. The van der Waals surface area contributed by atoms with Crippen molar-refractivity contribution in [1.29, 1.82) is 0 Å². The number of methoxy groups -OCH3 is 2. The first-order chi connectivity index (χ1) is 17.9. The van der Waals surface area contributed by atoms with Gasteiger partial charge in [0.2, 0.25) is 6.29 Å². The van der Waals surface area contributed by atoms with Crippen LogP contribution in [0.5, 0.6) is 23.0 Å². The van der Waals surface area contributed by atoms with Crippen molar-refractivity contribution in [3.8, 4) is 23.0 Å². The van der Waals surface area contributed by atoms with Gasteiger partial charge in [0, 0.05) is 11.8 Å². The molecule has 11 nitrogen and oxygen atoms in total. The van der Waals surface area contributed by atoms with Crippen LogP contribution in [0, 0.1) is 11.8 Å². The van der Waals surface area contributed by atoms with Crippen molar-refractivity contribution in [2.75, 3.05) is 34.0 Å². The lowest BCUT2D eigenvalue weighted by Crippen LogP contribution is -2.60. The van der Waals surface area contributed by atoms with Crippen LogP contribution < -0.4 is 14.2 Å². The van der Waals surface area contributed by atoms with Crippen LogP contribution in [0.3, 0.4) is 0 Å². The van der Waals surface area contributed by atoms with E-state index in [9.17, 15) is 25.5 Å². The van der Waals surface area contributed by atoms with Crippen LogP contribution in [0.25, 0.3) is 0 Å². The number of rotatable bonds is 7. The van der Waals surface area contributed by atoms with E-state index in [0.29, 0.717) is 24.7 Å². The molecule has 202 valence electrons. The summed E-state index contributed by atoms with van der Waals surface area (Å²) in [7, 11) is 2.98. The molecule has 3 fully saturated rings. The van der Waals surface area contributed by atoms with E-state index >= 15 is 0 Å². The topological polar surface area (TPSA) is 157 Å². The van der Waals surface area contributed by atoms with Gasteiger partial charge in [-0.05, 0) is 35.4 Å². The average molecular weight is 521 g/mol. The summed E-state index contributed by atoms with van der Waals surface area (Å²) in [5.41, 5.74) is 1.77. The summed E-state index contributed by atoms with van der Waals surface area (Å²) in [6.45, 7) is 0.436. The summed E-state index contributed by atoms with van der Waals surface area (Å²) in [6, 6.07) is 10.5. The monoisotopic (exact) mass is 520 g/mol. The lowest BCUT2D eigenvalue weighted by atomic mass is 9.85. The molecule has 37 heavy (non-hydrogen) atoms. The standard InChI is InChI=1S/C26H32O11/c1-32-18-7-12(3-5-16(18)28)24-14-10-35-25(15(14)11-34-24)13-4-6-17(19(8-13)33-2)36-26-23(31)22(30)21(29)20(9-27)37-26/h3-8,14-15,20-31H,9-11H2,1-2H3/t14-,15-,20+,21+,22-,23+,24-,25+,26+/m0/s1. The molecule has 0 spiro atoms. The van der Waals surface area contributed by atoms with Crippen molar-refractivity contribution in [1.82, 2.24) is 0 Å². The SMILES string of the molecule is COc1cc([C@@H]2OC[C@H]3[C@@H]2CO[C@@H]3c2ccc(O[C@@H]3O[C@H](CO)[C@@H](O)[C@H](O)[C@H]3O)c(OC)c2)ccc1O. The van der Waals surface area contributed by atoms with Crippen molar-refractivity contribution in [3.05, 3.63) is 47.5 Å². The number of fused-ring (bicyclic) bond motifs is 1. The Morgan fingerprint density at radius 3 is 1.97 bits per heavy atom. The summed E-state index contributed by atoms with van der Waals surface area (Å²) in [6.07, 6.45) is -7.41. The fraction of sp³-hybridized carbons (Fsp3) is 0.538. The van der Waals surface area contributed by atoms with Crippen molar-refractivity contribution in [2.45, 2.75) is 42.9 Å². The van der Waals surface area contributed by atoms with Gasteiger partial charge in [-0.2, -0.15) is 0 Å². The Hall–Kier alpha value is -2.64. The van der Waals surface area contributed by atoms with Gasteiger partial charge >= 0.3 is 0 Å². The van der Waals surface area contributed by atoms with E-state index in [1.54, 1.807) is 24.3 Å². The third-order valence-corrected chi connectivity index (χ3v) is 7.40. The van der Waals surface area contributed by atoms with Crippen LogP contribution in [-0.4, -0.2) is 90.3 Å². The summed E-state index contributed by atoms with van der Waals surface area (Å²) < 4.78 is 34.3. The quantitative estimate of drug-likeness (QED) is 0.349. The van der Waals surface area contributed by atoms with Gasteiger partial charge in [-0.15, -0.1) is 0 Å². The molecule has 0 saturated carbocycles. The molecule has 0 radical (unpaired) electrons. The molecule has 2 aromatic rings. The van der Waals surface area contributed by atoms with Gasteiger partial charge in [-0.1, -0.05) is 12.1 Å². The molecular formula is C26H32O11. The van der Waals surface area contributed by atoms with Gasteiger partial charge in [0.1, 0.15) is 24.4 Å². The largest absolute Gasteiger partial charge is 0.504 e. The number of aliphatic hydroxyl groups excluding tert-OH is 4. The Balaban J connectivity index is 1.32. The molecule has 3 aliphatic heterocycles. The first-order valence-corrected chi connectivity index (χ1v) is 12.1. The van der Waals surface area contributed by atoms with Crippen molar-refractivity contribution >= 4 is 0 Å². The molecule has 5 N–H and O–H groups in total. The third-order valence-electron chi connectivity index (χ3n) is 7.40. The van der Waals surface area contributed by atoms with Crippen LogP contribution in [0.1, 0.15) is 23.3 Å². The molecule has 0 aromatic heterocycles. The summed E-state index contributed by atoms with van der Waals surface area (Å²) in [4.78, 5) is 0. The second kappa shape index (κ2) is 10.6. The highest BCUT2D eigenvalue weighted by Crippen LogP contribution is 2.51. The normalized spacial score (nSPS) is 35.2. The summed E-state index contributed by atoms with van der Waals surface area (Å²) in [5, 5.41) is 49.7. The van der Waals surface area contributed by atoms with Gasteiger partial charge in [-0.25, -0.2) is 0 Å². The molecule has 9 atom stereocenters. The van der Waals surface area contributed by atoms with Gasteiger partial charge < -0.3 is 54.0 Å². The van der Waals surface area contributed by atoms with E-state index in [4.69, 9.17) is 28.4 Å².